The van der Waals surface area contributed by atoms with Crippen molar-refractivity contribution in [3.05, 3.63) is 29.6 Å². The van der Waals surface area contributed by atoms with Gasteiger partial charge in [0.05, 0.1) is 17.4 Å². The molecule has 0 aromatic carbocycles. The number of hydrogen-bond donors (Lipinski definition) is 11. The summed E-state index contributed by atoms with van der Waals surface area (Å²) in [6.45, 7) is 17.4. The quantitative estimate of drug-likeness (QED) is 0.176. The molecule has 1 aromatic rings. The molecule has 0 amide bonds. The van der Waals surface area contributed by atoms with Crippen LogP contribution in [-0.4, -0.2) is 134 Å². The van der Waals surface area contributed by atoms with E-state index in [9.17, 15) is 0 Å². The third kappa shape index (κ3) is 12.9. The summed E-state index contributed by atoms with van der Waals surface area (Å²) in [4.78, 5) is 5.06. The molecular formula is C29H58N12. The van der Waals surface area contributed by atoms with Gasteiger partial charge in [-0.25, -0.2) is 0 Å². The summed E-state index contributed by atoms with van der Waals surface area (Å²) in [5.74, 6) is 0. The van der Waals surface area contributed by atoms with Crippen LogP contribution < -0.4 is 58.5 Å². The molecule has 11 N–H and O–H groups in total. The second-order valence-corrected chi connectivity index (χ2v) is 11.4. The van der Waals surface area contributed by atoms with Crippen molar-refractivity contribution in [3.63, 3.8) is 0 Å². The Bertz CT molecular complexity index is 785. The van der Waals surface area contributed by atoms with Crippen molar-refractivity contribution in [2.75, 3.05) is 111 Å². The Kier molecular flexibility index (Phi) is 16.4. The van der Waals surface area contributed by atoms with Gasteiger partial charge in [0.25, 0.3) is 0 Å². The van der Waals surface area contributed by atoms with E-state index in [0.717, 1.165) is 142 Å². The van der Waals surface area contributed by atoms with Crippen molar-refractivity contribution in [2.45, 2.75) is 43.6 Å². The number of fused-ring (bicyclic) bond motifs is 2. The molecule has 2 fully saturated rings. The van der Waals surface area contributed by atoms with Crippen molar-refractivity contribution in [3.8, 4) is 0 Å². The predicted octanol–water partition coefficient (Wildman–Crippen LogP) is -2.96. The van der Waals surface area contributed by atoms with Crippen LogP contribution in [0, 0.1) is 0 Å². The summed E-state index contributed by atoms with van der Waals surface area (Å²) in [6, 6.07) is 7.51. The standard InChI is InChI=1S/C29H58N12/c1-4-24-20-34-13-12-32-16-17-40-29(25(5-1)41-24)28-23-36-15-14-35-22-27(38-18-19-39-28)26-21-33-8-2-6-30-10-11-31-7-3-9-37-26/h1,4-5,26-40H,2-3,6-23H2. The second kappa shape index (κ2) is 20.6. The third-order valence-electron chi connectivity index (χ3n) is 8.12. The molecule has 0 saturated carbocycles. The first-order chi connectivity index (χ1) is 20.4. The Labute approximate surface area is 247 Å². The lowest BCUT2D eigenvalue weighted by atomic mass is 10.0. The molecule has 41 heavy (non-hydrogen) atoms. The van der Waals surface area contributed by atoms with Gasteiger partial charge in [-0.15, -0.1) is 0 Å². The maximum atomic E-state index is 5.06. The van der Waals surface area contributed by atoms with Gasteiger partial charge in [0.1, 0.15) is 0 Å². The highest BCUT2D eigenvalue weighted by atomic mass is 15.1. The molecule has 4 heterocycles. The van der Waals surface area contributed by atoms with Crippen LogP contribution in [0.2, 0.25) is 0 Å². The van der Waals surface area contributed by atoms with E-state index < -0.39 is 0 Å². The zero-order valence-electron chi connectivity index (χ0n) is 25.1. The topological polar surface area (TPSA) is 145 Å². The van der Waals surface area contributed by atoms with E-state index in [0.29, 0.717) is 12.1 Å². The molecule has 4 rings (SSSR count). The lowest BCUT2D eigenvalue weighted by Gasteiger charge is -2.33. The fourth-order valence-electron chi connectivity index (χ4n) is 5.81. The molecule has 0 spiro atoms. The highest BCUT2D eigenvalue weighted by molar-refractivity contribution is 5.17. The molecule has 0 aliphatic carbocycles. The smallest absolute Gasteiger partial charge is 0.0663 e. The summed E-state index contributed by atoms with van der Waals surface area (Å²) >= 11 is 0. The SMILES string of the molecule is c1cc2nc(c1)C(C1CNCCNCC(C3CNCCCNCCNCCCN3)NCCN1)NCCNCCNC2. The molecule has 234 valence electrons. The lowest BCUT2D eigenvalue weighted by molar-refractivity contribution is 0.315. The van der Waals surface area contributed by atoms with Crippen molar-refractivity contribution >= 4 is 0 Å². The van der Waals surface area contributed by atoms with Crippen LogP contribution in [0.3, 0.4) is 0 Å². The molecule has 4 atom stereocenters. The highest BCUT2D eigenvalue weighted by Gasteiger charge is 2.25. The van der Waals surface area contributed by atoms with Gasteiger partial charge >= 0.3 is 0 Å². The minimum Gasteiger partial charge on any atom is -0.315 e. The molecule has 2 saturated heterocycles. The van der Waals surface area contributed by atoms with E-state index in [1.807, 2.05) is 0 Å². The number of aromatic nitrogens is 1. The van der Waals surface area contributed by atoms with Gasteiger partial charge in [0, 0.05) is 110 Å². The highest BCUT2D eigenvalue weighted by Crippen LogP contribution is 2.16. The third-order valence-corrected chi connectivity index (χ3v) is 8.12. The number of pyridine rings is 1. The lowest BCUT2D eigenvalue weighted by Crippen LogP contribution is -2.59. The van der Waals surface area contributed by atoms with E-state index in [1.54, 1.807) is 0 Å². The Morgan fingerprint density at radius 3 is 1.76 bits per heavy atom. The maximum absolute atomic E-state index is 5.06. The Morgan fingerprint density at radius 2 is 0.976 bits per heavy atom. The Morgan fingerprint density at radius 1 is 0.463 bits per heavy atom. The van der Waals surface area contributed by atoms with Crippen molar-refractivity contribution in [2.24, 2.45) is 0 Å². The molecule has 3 aliphatic heterocycles. The second-order valence-electron chi connectivity index (χ2n) is 11.4. The van der Waals surface area contributed by atoms with Gasteiger partial charge < -0.3 is 58.5 Å². The largest absolute Gasteiger partial charge is 0.315 e. The van der Waals surface area contributed by atoms with Crippen LogP contribution in [-0.2, 0) is 6.54 Å². The number of nitrogens with zero attached hydrogens (tertiary/aromatic N) is 1. The first-order valence-corrected chi connectivity index (χ1v) is 16.2. The molecule has 3 aliphatic rings. The Balaban J connectivity index is 1.36. The number of hydrogen-bond acceptors (Lipinski definition) is 12. The zero-order chi connectivity index (χ0) is 28.2. The minimum atomic E-state index is 0.129. The van der Waals surface area contributed by atoms with Crippen molar-refractivity contribution in [1.29, 1.82) is 0 Å². The normalized spacial score (nSPS) is 30.3. The summed E-state index contributed by atoms with van der Waals surface area (Å²) in [5.41, 5.74) is 2.21. The first-order valence-electron chi connectivity index (χ1n) is 16.2. The molecule has 0 radical (unpaired) electrons. The van der Waals surface area contributed by atoms with E-state index >= 15 is 0 Å². The van der Waals surface area contributed by atoms with Crippen LogP contribution >= 0.6 is 0 Å². The fourth-order valence-corrected chi connectivity index (χ4v) is 5.81. The summed E-state index contributed by atoms with van der Waals surface area (Å²) in [5, 5.41) is 40.8. The minimum absolute atomic E-state index is 0.129. The average Bonchev–Trinajstić information content (AvgIpc) is 2.98. The van der Waals surface area contributed by atoms with Crippen molar-refractivity contribution < 1.29 is 0 Å². The fraction of sp³-hybridized carbons (Fsp3) is 0.828. The monoisotopic (exact) mass is 574 g/mol. The van der Waals surface area contributed by atoms with Gasteiger partial charge in [0.2, 0.25) is 0 Å². The molecule has 4 unspecified atom stereocenters. The van der Waals surface area contributed by atoms with Crippen LogP contribution in [0.25, 0.3) is 0 Å². The molecule has 1 aromatic heterocycles. The van der Waals surface area contributed by atoms with Gasteiger partial charge in [-0.1, -0.05) is 6.07 Å². The van der Waals surface area contributed by atoms with E-state index in [2.05, 4.69) is 76.7 Å². The number of rotatable bonds is 2. The molecular weight excluding hydrogens is 516 g/mol. The van der Waals surface area contributed by atoms with Gasteiger partial charge in [-0.05, 0) is 51.2 Å². The van der Waals surface area contributed by atoms with Crippen LogP contribution in [0.1, 0.15) is 30.3 Å². The Hall–Kier alpha value is -1.29. The number of nitrogens with one attached hydrogen (secondary N) is 11. The van der Waals surface area contributed by atoms with Crippen molar-refractivity contribution in [1.82, 2.24) is 63.5 Å². The van der Waals surface area contributed by atoms with E-state index in [4.69, 9.17) is 4.98 Å². The van der Waals surface area contributed by atoms with Crippen LogP contribution in [0.5, 0.6) is 0 Å². The van der Waals surface area contributed by atoms with E-state index in [-0.39, 0.29) is 12.1 Å². The first kappa shape index (κ1) is 32.6. The average molecular weight is 575 g/mol. The molecule has 2 bridgehead atoms. The van der Waals surface area contributed by atoms with Crippen LogP contribution in [0.15, 0.2) is 18.2 Å². The molecule has 12 nitrogen and oxygen atoms in total. The van der Waals surface area contributed by atoms with Gasteiger partial charge in [0.15, 0.2) is 0 Å². The van der Waals surface area contributed by atoms with E-state index in [1.165, 1.54) is 0 Å². The molecule has 12 heteroatoms. The van der Waals surface area contributed by atoms with Crippen LogP contribution in [0.4, 0.5) is 0 Å². The predicted molar refractivity (Wildman–Crippen MR) is 169 cm³/mol. The zero-order valence-corrected chi connectivity index (χ0v) is 25.1. The summed E-state index contributed by atoms with van der Waals surface area (Å²) < 4.78 is 0. The van der Waals surface area contributed by atoms with Gasteiger partial charge in [-0.2, -0.15) is 0 Å². The van der Waals surface area contributed by atoms with Gasteiger partial charge in [-0.3, -0.25) is 4.98 Å². The summed E-state index contributed by atoms with van der Waals surface area (Å²) in [6.07, 6.45) is 2.29. The summed E-state index contributed by atoms with van der Waals surface area (Å²) in [7, 11) is 0. The maximum Gasteiger partial charge on any atom is 0.0663 e.